The lowest BCUT2D eigenvalue weighted by Gasteiger charge is -2.14. The predicted octanol–water partition coefficient (Wildman–Crippen LogP) is 4.23. The zero-order chi connectivity index (χ0) is 17.7. The molecule has 0 saturated carbocycles. The van der Waals surface area contributed by atoms with Crippen molar-refractivity contribution in [3.05, 3.63) is 51.5 Å². The summed E-state index contributed by atoms with van der Waals surface area (Å²) in [5.74, 6) is 0.562. The van der Waals surface area contributed by atoms with Gasteiger partial charge in [-0.25, -0.2) is 4.79 Å². The summed E-state index contributed by atoms with van der Waals surface area (Å²) >= 11 is 3.31. The largest absolute Gasteiger partial charge is 0.493 e. The monoisotopic (exact) mass is 394 g/mol. The fourth-order valence-electron chi connectivity index (χ4n) is 2.09. The second-order valence-corrected chi connectivity index (χ2v) is 6.09. The Hall–Kier alpha value is -2.21. The summed E-state index contributed by atoms with van der Waals surface area (Å²) in [4.78, 5) is 11.1. The van der Waals surface area contributed by atoms with E-state index >= 15 is 0 Å². The molecule has 0 fully saturated rings. The lowest BCUT2D eigenvalue weighted by molar-refractivity contribution is 0.0696. The van der Waals surface area contributed by atoms with Gasteiger partial charge in [-0.1, -0.05) is 6.07 Å². The molecule has 128 valence electrons. The highest BCUT2D eigenvalue weighted by molar-refractivity contribution is 9.10. The fraction of sp³-hybridized carbons (Fsp3) is 0.278. The Balaban J connectivity index is 1.99. The number of methoxy groups -OCH3 is 1. The lowest BCUT2D eigenvalue weighted by atomic mass is 10.1. The maximum absolute atomic E-state index is 11.1. The van der Waals surface area contributed by atoms with Gasteiger partial charge in [0.15, 0.2) is 11.5 Å². The summed E-state index contributed by atoms with van der Waals surface area (Å²) in [6.45, 7) is 4.74. The van der Waals surface area contributed by atoms with Crippen LogP contribution in [0.1, 0.15) is 21.5 Å². The van der Waals surface area contributed by atoms with Gasteiger partial charge < -0.3 is 19.3 Å². The first-order valence-corrected chi connectivity index (χ1v) is 8.15. The van der Waals surface area contributed by atoms with Gasteiger partial charge in [0.05, 0.1) is 17.1 Å². The van der Waals surface area contributed by atoms with Crippen molar-refractivity contribution in [3.63, 3.8) is 0 Å². The first-order chi connectivity index (χ1) is 11.4. The average Bonchev–Trinajstić information content (AvgIpc) is 2.55. The van der Waals surface area contributed by atoms with Crippen LogP contribution in [0, 0.1) is 13.8 Å². The predicted molar refractivity (Wildman–Crippen MR) is 94.6 cm³/mol. The highest BCUT2D eigenvalue weighted by atomic mass is 79.9. The van der Waals surface area contributed by atoms with Crippen LogP contribution in [0.4, 0.5) is 0 Å². The van der Waals surface area contributed by atoms with Gasteiger partial charge in [-0.05, 0) is 65.2 Å². The van der Waals surface area contributed by atoms with E-state index in [0.29, 0.717) is 29.2 Å². The van der Waals surface area contributed by atoms with Gasteiger partial charge >= 0.3 is 5.97 Å². The highest BCUT2D eigenvalue weighted by Gasteiger charge is 2.15. The Bertz CT molecular complexity index is 742. The normalized spacial score (nSPS) is 10.3. The van der Waals surface area contributed by atoms with Gasteiger partial charge in [-0.2, -0.15) is 0 Å². The molecule has 0 aliphatic rings. The van der Waals surface area contributed by atoms with E-state index in [-0.39, 0.29) is 5.56 Å². The first-order valence-electron chi connectivity index (χ1n) is 7.36. The van der Waals surface area contributed by atoms with E-state index in [1.165, 1.54) is 30.4 Å². The molecule has 0 atom stereocenters. The van der Waals surface area contributed by atoms with Gasteiger partial charge in [0.25, 0.3) is 0 Å². The van der Waals surface area contributed by atoms with Crippen molar-refractivity contribution in [2.24, 2.45) is 0 Å². The van der Waals surface area contributed by atoms with Gasteiger partial charge in [0.1, 0.15) is 19.0 Å². The van der Waals surface area contributed by atoms with E-state index in [2.05, 4.69) is 15.9 Å². The topological polar surface area (TPSA) is 65.0 Å². The minimum absolute atomic E-state index is 0.123. The number of carbonyl (C=O) groups is 1. The van der Waals surface area contributed by atoms with Crippen molar-refractivity contribution in [1.29, 1.82) is 0 Å². The molecule has 24 heavy (non-hydrogen) atoms. The number of ether oxygens (including phenoxy) is 3. The van der Waals surface area contributed by atoms with Crippen LogP contribution >= 0.6 is 15.9 Å². The summed E-state index contributed by atoms with van der Waals surface area (Å²) in [6, 6.07) is 8.81. The third-order valence-electron chi connectivity index (χ3n) is 3.55. The van der Waals surface area contributed by atoms with Crippen molar-refractivity contribution >= 4 is 21.9 Å². The van der Waals surface area contributed by atoms with E-state index in [9.17, 15) is 4.79 Å². The maximum Gasteiger partial charge on any atom is 0.335 e. The third kappa shape index (κ3) is 4.41. The molecule has 0 radical (unpaired) electrons. The molecule has 0 aromatic heterocycles. The Labute approximate surface area is 149 Å². The number of aryl methyl sites for hydroxylation is 2. The third-order valence-corrected chi connectivity index (χ3v) is 4.14. The van der Waals surface area contributed by atoms with E-state index in [4.69, 9.17) is 19.3 Å². The van der Waals surface area contributed by atoms with Gasteiger partial charge in [0.2, 0.25) is 0 Å². The first kappa shape index (κ1) is 18.1. The molecule has 0 bridgehead atoms. The molecular formula is C18H19BrO5. The molecule has 2 aromatic rings. The van der Waals surface area contributed by atoms with E-state index in [1.54, 1.807) is 0 Å². The second-order valence-electron chi connectivity index (χ2n) is 5.24. The van der Waals surface area contributed by atoms with Crippen LogP contribution in [0.15, 0.2) is 34.8 Å². The molecule has 5 nitrogen and oxygen atoms in total. The summed E-state index contributed by atoms with van der Waals surface area (Å²) < 4.78 is 17.1. The highest BCUT2D eigenvalue weighted by Crippen LogP contribution is 2.36. The molecule has 0 aliphatic carbocycles. The summed E-state index contributed by atoms with van der Waals surface area (Å²) in [7, 11) is 1.46. The van der Waals surface area contributed by atoms with Crippen LogP contribution in [0.3, 0.4) is 0 Å². The van der Waals surface area contributed by atoms with E-state index in [0.717, 1.165) is 5.75 Å². The summed E-state index contributed by atoms with van der Waals surface area (Å²) in [6.07, 6.45) is 0. The Morgan fingerprint density at radius 3 is 2.42 bits per heavy atom. The number of hydrogen-bond acceptors (Lipinski definition) is 4. The Morgan fingerprint density at radius 2 is 1.79 bits per heavy atom. The molecule has 0 saturated heterocycles. The Morgan fingerprint density at radius 1 is 1.08 bits per heavy atom. The quantitative estimate of drug-likeness (QED) is 0.711. The minimum atomic E-state index is -1.03. The van der Waals surface area contributed by atoms with E-state index in [1.807, 2.05) is 32.0 Å². The van der Waals surface area contributed by atoms with Crippen molar-refractivity contribution in [2.45, 2.75) is 13.8 Å². The molecule has 1 N–H and O–H groups in total. The van der Waals surface area contributed by atoms with Crippen LogP contribution in [0.5, 0.6) is 17.2 Å². The van der Waals surface area contributed by atoms with Gasteiger partial charge in [-0.15, -0.1) is 0 Å². The van der Waals surface area contributed by atoms with Crippen LogP contribution in [-0.2, 0) is 0 Å². The number of hydrogen-bond donors (Lipinski definition) is 1. The summed E-state index contributed by atoms with van der Waals surface area (Å²) in [5, 5.41) is 9.06. The molecule has 2 aromatic carbocycles. The van der Waals surface area contributed by atoms with Crippen LogP contribution in [0.25, 0.3) is 0 Å². The zero-order valence-electron chi connectivity index (χ0n) is 13.8. The molecule has 0 aliphatic heterocycles. The number of carboxylic acids is 1. The standard InChI is InChI=1S/C18H19BrO5/c1-11-4-5-14(8-12(11)2)23-6-7-24-17-15(19)9-13(18(20)21)10-16(17)22-3/h4-5,8-10H,6-7H2,1-3H3,(H,20,21). The van der Waals surface area contributed by atoms with Crippen LogP contribution in [0.2, 0.25) is 0 Å². The number of halogens is 1. The molecule has 0 amide bonds. The van der Waals surface area contributed by atoms with Gasteiger partial charge in [0, 0.05) is 0 Å². The van der Waals surface area contributed by atoms with Crippen molar-refractivity contribution in [1.82, 2.24) is 0 Å². The lowest BCUT2D eigenvalue weighted by Crippen LogP contribution is -2.10. The Kier molecular flexibility index (Phi) is 6.09. The van der Waals surface area contributed by atoms with Crippen LogP contribution < -0.4 is 14.2 Å². The smallest absolute Gasteiger partial charge is 0.335 e. The fourth-order valence-corrected chi connectivity index (χ4v) is 2.65. The van der Waals surface area contributed by atoms with E-state index < -0.39 is 5.97 Å². The maximum atomic E-state index is 11.1. The SMILES string of the molecule is COc1cc(C(=O)O)cc(Br)c1OCCOc1ccc(C)c(C)c1. The summed E-state index contributed by atoms with van der Waals surface area (Å²) in [5.41, 5.74) is 2.50. The average molecular weight is 395 g/mol. The molecule has 0 spiro atoms. The molecule has 0 heterocycles. The zero-order valence-corrected chi connectivity index (χ0v) is 15.3. The van der Waals surface area contributed by atoms with Gasteiger partial charge in [-0.3, -0.25) is 0 Å². The molecular weight excluding hydrogens is 376 g/mol. The van der Waals surface area contributed by atoms with Crippen molar-refractivity contribution in [2.75, 3.05) is 20.3 Å². The molecule has 0 unspecified atom stereocenters. The number of aromatic carboxylic acids is 1. The minimum Gasteiger partial charge on any atom is -0.493 e. The van der Waals surface area contributed by atoms with Crippen molar-refractivity contribution in [3.8, 4) is 17.2 Å². The molecule has 6 heteroatoms. The number of benzene rings is 2. The van der Waals surface area contributed by atoms with Crippen molar-refractivity contribution < 1.29 is 24.1 Å². The number of rotatable bonds is 7. The number of carboxylic acid groups (broad SMARTS) is 1. The molecule has 2 rings (SSSR count). The van der Waals surface area contributed by atoms with Crippen LogP contribution in [-0.4, -0.2) is 31.4 Å². The second kappa shape index (κ2) is 8.06.